The average Bonchev–Trinajstić information content (AvgIpc) is 2.76. The van der Waals surface area contributed by atoms with Gasteiger partial charge in [0.05, 0.1) is 11.2 Å². The molecule has 6 nitrogen and oxygen atoms in total. The lowest BCUT2D eigenvalue weighted by molar-refractivity contribution is -0.139. The Morgan fingerprint density at radius 1 is 1.53 bits per heavy atom. The highest BCUT2D eigenvalue weighted by Crippen LogP contribution is 2.20. The number of sulfonamides is 1. The number of aryl methyl sites for hydroxylation is 1. The number of carboxylic acids is 1. The van der Waals surface area contributed by atoms with Gasteiger partial charge in [0.2, 0.25) is 0 Å². The van der Waals surface area contributed by atoms with Gasteiger partial charge in [0.15, 0.2) is 4.21 Å². The summed E-state index contributed by atoms with van der Waals surface area (Å²) in [6.07, 6.45) is 2.16. The Kier molecular flexibility index (Phi) is 5.45. The fourth-order valence-electron chi connectivity index (χ4n) is 1.50. The molecule has 1 aromatic rings. The van der Waals surface area contributed by atoms with Crippen molar-refractivity contribution in [3.05, 3.63) is 11.2 Å². The van der Waals surface area contributed by atoms with Crippen LogP contribution in [-0.4, -0.2) is 30.5 Å². The molecule has 0 saturated carbocycles. The number of thiazole rings is 1. The third-order valence-corrected chi connectivity index (χ3v) is 5.48. The molecular weight excluding hydrogens is 288 g/mol. The van der Waals surface area contributed by atoms with Gasteiger partial charge >= 0.3 is 5.97 Å². The molecule has 19 heavy (non-hydrogen) atoms. The fraction of sp³-hybridized carbons (Fsp3) is 0.636. The quantitative estimate of drug-likeness (QED) is 0.795. The number of hydrogen-bond acceptors (Lipinski definition) is 5. The predicted octanol–water partition coefficient (Wildman–Crippen LogP) is 1.48. The second-order valence-corrected chi connectivity index (χ2v) is 7.62. The van der Waals surface area contributed by atoms with Gasteiger partial charge in [0.1, 0.15) is 6.04 Å². The van der Waals surface area contributed by atoms with Crippen LogP contribution < -0.4 is 4.72 Å². The molecule has 0 saturated heterocycles. The molecule has 8 heteroatoms. The summed E-state index contributed by atoms with van der Waals surface area (Å²) in [6, 6.07) is -1.11. The van der Waals surface area contributed by atoms with E-state index in [1.54, 1.807) is 0 Å². The standard InChI is InChI=1S/C11H18N2O4S2/c1-4-9-12-6-10(18-9)19(16,17)13-8(11(14)15)5-7(2)3/h6-8,13H,4-5H2,1-3H3,(H,14,15)/t8-/m1/s1. The van der Waals surface area contributed by atoms with Crippen molar-refractivity contribution in [1.29, 1.82) is 0 Å². The number of hydrogen-bond donors (Lipinski definition) is 2. The Balaban J connectivity index is 2.90. The molecule has 0 aromatic carbocycles. The Bertz CT molecular complexity index is 537. The molecule has 0 bridgehead atoms. The first-order valence-electron chi connectivity index (χ1n) is 5.96. The molecule has 0 radical (unpaired) electrons. The summed E-state index contributed by atoms with van der Waals surface area (Å²) >= 11 is 1.06. The van der Waals surface area contributed by atoms with Gasteiger partial charge in [-0.3, -0.25) is 4.79 Å². The summed E-state index contributed by atoms with van der Waals surface area (Å²) in [5.41, 5.74) is 0. The molecule has 2 N–H and O–H groups in total. The van der Waals surface area contributed by atoms with E-state index in [4.69, 9.17) is 5.11 Å². The summed E-state index contributed by atoms with van der Waals surface area (Å²) in [6.45, 7) is 5.56. The van der Waals surface area contributed by atoms with Crippen molar-refractivity contribution in [3.63, 3.8) is 0 Å². The second kappa shape index (κ2) is 6.44. The lowest BCUT2D eigenvalue weighted by Gasteiger charge is -2.15. The van der Waals surface area contributed by atoms with Gasteiger partial charge in [-0.25, -0.2) is 13.4 Å². The van der Waals surface area contributed by atoms with Gasteiger partial charge in [-0.1, -0.05) is 20.8 Å². The molecular formula is C11H18N2O4S2. The fourth-order valence-corrected chi connectivity index (χ4v) is 3.84. The van der Waals surface area contributed by atoms with Gasteiger partial charge in [-0.05, 0) is 18.8 Å². The van der Waals surface area contributed by atoms with Crippen LogP contribution in [0.25, 0.3) is 0 Å². The molecule has 0 unspecified atom stereocenters. The van der Waals surface area contributed by atoms with E-state index in [9.17, 15) is 13.2 Å². The SMILES string of the molecule is CCc1ncc(S(=O)(=O)N[C@H](CC(C)C)C(=O)O)s1. The maximum atomic E-state index is 12.1. The van der Waals surface area contributed by atoms with Crippen LogP contribution in [0.2, 0.25) is 0 Å². The van der Waals surface area contributed by atoms with Crippen LogP contribution in [0, 0.1) is 5.92 Å². The molecule has 1 aromatic heterocycles. The molecule has 108 valence electrons. The number of aliphatic carboxylic acids is 1. The summed E-state index contributed by atoms with van der Waals surface area (Å²) in [4.78, 5) is 15.0. The lowest BCUT2D eigenvalue weighted by atomic mass is 10.1. The normalized spacial score (nSPS) is 13.7. The largest absolute Gasteiger partial charge is 0.480 e. The highest BCUT2D eigenvalue weighted by atomic mass is 32.2. The third-order valence-electron chi connectivity index (χ3n) is 2.40. The molecule has 1 heterocycles. The predicted molar refractivity (Wildman–Crippen MR) is 72.7 cm³/mol. The van der Waals surface area contributed by atoms with Crippen LogP contribution in [0.3, 0.4) is 0 Å². The van der Waals surface area contributed by atoms with Gasteiger partial charge in [0, 0.05) is 0 Å². The van der Waals surface area contributed by atoms with E-state index < -0.39 is 22.0 Å². The van der Waals surface area contributed by atoms with E-state index in [1.165, 1.54) is 6.20 Å². The van der Waals surface area contributed by atoms with Crippen LogP contribution >= 0.6 is 11.3 Å². The maximum Gasteiger partial charge on any atom is 0.321 e. The molecule has 0 fully saturated rings. The van der Waals surface area contributed by atoms with E-state index in [1.807, 2.05) is 20.8 Å². The number of nitrogens with one attached hydrogen (secondary N) is 1. The molecule has 1 atom stereocenters. The zero-order chi connectivity index (χ0) is 14.6. The summed E-state index contributed by atoms with van der Waals surface area (Å²) in [5.74, 6) is -1.09. The van der Waals surface area contributed by atoms with Crippen molar-refractivity contribution < 1.29 is 18.3 Å². The van der Waals surface area contributed by atoms with Crippen molar-refractivity contribution >= 4 is 27.3 Å². The van der Waals surface area contributed by atoms with Crippen LogP contribution in [0.1, 0.15) is 32.2 Å². The van der Waals surface area contributed by atoms with Crippen molar-refractivity contribution in [2.75, 3.05) is 0 Å². The average molecular weight is 306 g/mol. The van der Waals surface area contributed by atoms with E-state index in [-0.39, 0.29) is 16.5 Å². The topological polar surface area (TPSA) is 96.4 Å². The minimum absolute atomic E-state index is 0.0550. The van der Waals surface area contributed by atoms with Gasteiger partial charge in [-0.15, -0.1) is 11.3 Å². The van der Waals surface area contributed by atoms with E-state index in [0.29, 0.717) is 11.4 Å². The van der Waals surface area contributed by atoms with Crippen LogP contribution in [-0.2, 0) is 21.2 Å². The van der Waals surface area contributed by atoms with E-state index in [0.717, 1.165) is 11.3 Å². The maximum absolute atomic E-state index is 12.1. The van der Waals surface area contributed by atoms with Crippen molar-refractivity contribution in [2.24, 2.45) is 5.92 Å². The zero-order valence-corrected chi connectivity index (χ0v) is 12.7. The molecule has 0 aliphatic rings. The van der Waals surface area contributed by atoms with E-state index in [2.05, 4.69) is 9.71 Å². The van der Waals surface area contributed by atoms with Crippen LogP contribution in [0.4, 0.5) is 0 Å². The number of nitrogens with zero attached hydrogens (tertiary/aromatic N) is 1. The summed E-state index contributed by atoms with van der Waals surface area (Å²) in [7, 11) is -3.81. The van der Waals surface area contributed by atoms with Crippen molar-refractivity contribution in [1.82, 2.24) is 9.71 Å². The Hall–Kier alpha value is -0.990. The summed E-state index contributed by atoms with van der Waals surface area (Å²) < 4.78 is 26.4. The molecule has 1 rings (SSSR count). The van der Waals surface area contributed by atoms with Gasteiger partial charge in [0.25, 0.3) is 10.0 Å². The zero-order valence-electron chi connectivity index (χ0n) is 11.1. The minimum atomic E-state index is -3.81. The molecule has 0 amide bonds. The highest BCUT2D eigenvalue weighted by Gasteiger charge is 2.27. The van der Waals surface area contributed by atoms with Gasteiger partial charge < -0.3 is 5.11 Å². The smallest absolute Gasteiger partial charge is 0.321 e. The number of rotatable bonds is 7. The second-order valence-electron chi connectivity index (χ2n) is 4.57. The molecule has 0 spiro atoms. The first-order valence-corrected chi connectivity index (χ1v) is 8.26. The first kappa shape index (κ1) is 16.1. The van der Waals surface area contributed by atoms with Gasteiger partial charge in [-0.2, -0.15) is 4.72 Å². The van der Waals surface area contributed by atoms with Crippen molar-refractivity contribution in [2.45, 2.75) is 43.9 Å². The highest BCUT2D eigenvalue weighted by molar-refractivity contribution is 7.91. The van der Waals surface area contributed by atoms with E-state index >= 15 is 0 Å². The minimum Gasteiger partial charge on any atom is -0.480 e. The Labute approximate surface area is 116 Å². The third kappa shape index (κ3) is 4.55. The number of carbonyl (C=O) groups is 1. The first-order chi connectivity index (χ1) is 8.76. The number of carboxylic acid groups (broad SMARTS) is 1. The van der Waals surface area contributed by atoms with Crippen molar-refractivity contribution in [3.8, 4) is 0 Å². The molecule has 0 aliphatic carbocycles. The lowest BCUT2D eigenvalue weighted by Crippen LogP contribution is -2.41. The summed E-state index contributed by atoms with van der Waals surface area (Å²) in [5, 5.41) is 9.75. The monoisotopic (exact) mass is 306 g/mol. The Morgan fingerprint density at radius 3 is 2.58 bits per heavy atom. The van der Waals surface area contributed by atoms with Crippen LogP contribution in [0.15, 0.2) is 10.4 Å². The number of aromatic nitrogens is 1. The van der Waals surface area contributed by atoms with Crippen LogP contribution in [0.5, 0.6) is 0 Å². The molecule has 0 aliphatic heterocycles. The Morgan fingerprint density at radius 2 is 2.16 bits per heavy atom.